The summed E-state index contributed by atoms with van der Waals surface area (Å²) in [6.07, 6.45) is 6.45. The Morgan fingerprint density at radius 2 is 1.30 bits per heavy atom. The molecule has 3 N–H and O–H groups in total. The van der Waals surface area contributed by atoms with Crippen LogP contribution in [-0.2, 0) is 23.7 Å². The summed E-state index contributed by atoms with van der Waals surface area (Å²) < 4.78 is 38.1. The van der Waals surface area contributed by atoms with E-state index >= 15 is 0 Å². The summed E-state index contributed by atoms with van der Waals surface area (Å²) in [7, 11) is -4.14. The molecule has 1 saturated heterocycles. The van der Waals surface area contributed by atoms with Crippen LogP contribution in [0.1, 0.15) is 59.8 Å². The molecule has 3 aromatic carbocycles. The fourth-order valence-corrected chi connectivity index (χ4v) is 8.77. The van der Waals surface area contributed by atoms with Crippen molar-refractivity contribution in [3.63, 3.8) is 0 Å². The first-order chi connectivity index (χ1) is 26.6. The van der Waals surface area contributed by atoms with E-state index in [2.05, 4.69) is 10.6 Å². The lowest BCUT2D eigenvalue weighted by Gasteiger charge is -2.41. The quantitative estimate of drug-likeness (QED) is 0.0806. The van der Waals surface area contributed by atoms with Gasteiger partial charge in [-0.1, -0.05) is 34.1 Å². The van der Waals surface area contributed by atoms with E-state index in [4.69, 9.17) is 23.6 Å². The second-order valence-corrected chi connectivity index (χ2v) is 18.1. The number of ether oxygens (including phenoxy) is 2. The van der Waals surface area contributed by atoms with Crippen molar-refractivity contribution in [2.75, 3.05) is 32.3 Å². The number of likely N-dealkylation sites (tertiary alicyclic amines) is 1. The van der Waals surface area contributed by atoms with Crippen molar-refractivity contribution in [3.05, 3.63) is 72.8 Å². The van der Waals surface area contributed by atoms with Crippen molar-refractivity contribution in [1.29, 1.82) is 0 Å². The maximum absolute atomic E-state index is 14.9. The number of hydrogen-bond donors (Lipinski definition) is 3. The minimum Gasteiger partial charge on any atom is -0.484 e. The van der Waals surface area contributed by atoms with Gasteiger partial charge in [0.1, 0.15) is 35.1 Å². The molecule has 13 nitrogen and oxygen atoms in total. The zero-order valence-corrected chi connectivity index (χ0v) is 35.2. The van der Waals surface area contributed by atoms with Crippen molar-refractivity contribution in [3.8, 4) is 23.0 Å². The topological polar surface area (TPSA) is 170 Å². The molecular formula is C40H52N3O10PS2. The van der Waals surface area contributed by atoms with Gasteiger partial charge in [-0.2, -0.15) is 0 Å². The van der Waals surface area contributed by atoms with Crippen LogP contribution in [0.2, 0.25) is 0 Å². The molecule has 0 unspecified atom stereocenters. The molecular weight excluding hydrogens is 778 g/mol. The summed E-state index contributed by atoms with van der Waals surface area (Å²) in [6, 6.07) is 18.5. The first-order valence-corrected chi connectivity index (χ1v) is 22.5. The molecule has 56 heavy (non-hydrogen) atoms. The molecule has 1 fully saturated rings. The fraction of sp³-hybridized carbons (Fsp3) is 0.450. The number of carbonyl (C=O) groups is 4. The number of nitrogens with one attached hydrogen (secondary N) is 2. The van der Waals surface area contributed by atoms with Gasteiger partial charge in [0.2, 0.25) is 11.8 Å². The molecule has 0 radical (unpaired) electrons. The van der Waals surface area contributed by atoms with Gasteiger partial charge in [0, 0.05) is 16.3 Å². The molecule has 16 heteroatoms. The van der Waals surface area contributed by atoms with Crippen molar-refractivity contribution < 1.29 is 47.4 Å². The molecule has 0 aromatic heterocycles. The SMILES string of the molecule is CCC[C@H](NC(=O)[C@@H]1CCCCN1C(=O)[C@@H](NC(=O)COc1ccc(OCC(=O)O)cc1)C(C)(C)C)P(=O)(Oc1ccc(SC)cc1)Oc1ccc(SC)cc1. The highest BCUT2D eigenvalue weighted by Crippen LogP contribution is 2.53. The Hall–Kier alpha value is -4.33. The zero-order valence-electron chi connectivity index (χ0n) is 32.6. The van der Waals surface area contributed by atoms with Crippen molar-refractivity contribution in [2.24, 2.45) is 5.41 Å². The maximum atomic E-state index is 14.9. The third-order valence-electron chi connectivity index (χ3n) is 8.90. The molecule has 3 aromatic rings. The Morgan fingerprint density at radius 1 is 0.804 bits per heavy atom. The Morgan fingerprint density at radius 3 is 1.77 bits per heavy atom. The van der Waals surface area contributed by atoms with Gasteiger partial charge in [-0.25, -0.2) is 9.36 Å². The number of carboxylic acids is 1. The van der Waals surface area contributed by atoms with E-state index < -0.39 is 67.8 Å². The number of aliphatic carboxylic acids is 1. The average molecular weight is 830 g/mol. The highest BCUT2D eigenvalue weighted by Gasteiger charge is 2.44. The van der Waals surface area contributed by atoms with Crippen LogP contribution >= 0.6 is 31.1 Å². The van der Waals surface area contributed by atoms with E-state index in [9.17, 15) is 23.7 Å². The van der Waals surface area contributed by atoms with Crippen LogP contribution in [0.5, 0.6) is 23.0 Å². The summed E-state index contributed by atoms with van der Waals surface area (Å²) in [5.74, 6) is -2.29. The number of amides is 3. The maximum Gasteiger partial charge on any atom is 0.452 e. The Kier molecular flexibility index (Phi) is 16.4. The van der Waals surface area contributed by atoms with Gasteiger partial charge < -0.3 is 39.2 Å². The van der Waals surface area contributed by atoms with E-state index in [1.165, 1.54) is 29.2 Å². The largest absolute Gasteiger partial charge is 0.484 e. The van der Waals surface area contributed by atoms with Crippen LogP contribution in [0, 0.1) is 5.41 Å². The number of hydrogen-bond acceptors (Lipinski definition) is 11. The van der Waals surface area contributed by atoms with Crippen molar-refractivity contribution in [1.82, 2.24) is 15.5 Å². The van der Waals surface area contributed by atoms with Gasteiger partial charge in [0.05, 0.1) is 0 Å². The smallest absolute Gasteiger partial charge is 0.452 e. The van der Waals surface area contributed by atoms with Gasteiger partial charge in [-0.05, 0) is 116 Å². The van der Waals surface area contributed by atoms with Crippen LogP contribution in [0.15, 0.2) is 82.6 Å². The van der Waals surface area contributed by atoms with E-state index in [0.29, 0.717) is 55.2 Å². The lowest BCUT2D eigenvalue weighted by molar-refractivity contribution is -0.147. The summed E-state index contributed by atoms with van der Waals surface area (Å²) in [5, 5.41) is 14.6. The number of nitrogens with zero attached hydrogens (tertiary/aromatic N) is 1. The van der Waals surface area contributed by atoms with E-state index in [1.807, 2.05) is 64.5 Å². The third kappa shape index (κ3) is 12.9. The van der Waals surface area contributed by atoms with Gasteiger partial charge in [0.15, 0.2) is 19.0 Å². The lowest BCUT2D eigenvalue weighted by atomic mass is 9.84. The van der Waals surface area contributed by atoms with E-state index in [-0.39, 0.29) is 6.42 Å². The molecule has 3 atom stereocenters. The molecule has 0 saturated carbocycles. The predicted molar refractivity (Wildman–Crippen MR) is 218 cm³/mol. The number of benzene rings is 3. The van der Waals surface area contributed by atoms with Crippen LogP contribution in [0.4, 0.5) is 0 Å². The monoisotopic (exact) mass is 829 g/mol. The Labute approximate surface area is 337 Å². The molecule has 1 heterocycles. The minimum atomic E-state index is -4.14. The molecule has 0 spiro atoms. The number of piperidine rings is 1. The van der Waals surface area contributed by atoms with Gasteiger partial charge in [-0.15, -0.1) is 23.5 Å². The van der Waals surface area contributed by atoms with Crippen molar-refractivity contribution >= 4 is 54.8 Å². The van der Waals surface area contributed by atoms with Gasteiger partial charge >= 0.3 is 13.6 Å². The van der Waals surface area contributed by atoms with Gasteiger partial charge in [0.25, 0.3) is 5.91 Å². The van der Waals surface area contributed by atoms with Crippen LogP contribution < -0.4 is 29.2 Å². The summed E-state index contributed by atoms with van der Waals surface area (Å²) in [5.41, 5.74) is -0.742. The highest BCUT2D eigenvalue weighted by atomic mass is 32.2. The summed E-state index contributed by atoms with van der Waals surface area (Å²) in [6.45, 7) is 6.79. The Balaban J connectivity index is 1.52. The molecule has 0 bridgehead atoms. The summed E-state index contributed by atoms with van der Waals surface area (Å²) in [4.78, 5) is 56.1. The molecule has 304 valence electrons. The second kappa shape index (κ2) is 20.7. The third-order valence-corrected chi connectivity index (χ3v) is 12.5. The normalized spacial score (nSPS) is 15.5. The van der Waals surface area contributed by atoms with Crippen LogP contribution in [0.25, 0.3) is 0 Å². The summed E-state index contributed by atoms with van der Waals surface area (Å²) >= 11 is 3.12. The molecule has 3 amide bonds. The first-order valence-electron chi connectivity index (χ1n) is 18.4. The zero-order chi connectivity index (χ0) is 40.9. The van der Waals surface area contributed by atoms with E-state index in [0.717, 1.165) is 9.79 Å². The number of thioether (sulfide) groups is 2. The number of carbonyl (C=O) groups excluding carboxylic acids is 3. The van der Waals surface area contributed by atoms with E-state index in [1.54, 1.807) is 47.8 Å². The highest BCUT2D eigenvalue weighted by molar-refractivity contribution is 7.98. The average Bonchev–Trinajstić information content (AvgIpc) is 3.18. The predicted octanol–water partition coefficient (Wildman–Crippen LogP) is 7.48. The van der Waals surface area contributed by atoms with Crippen LogP contribution in [0.3, 0.4) is 0 Å². The fourth-order valence-electron chi connectivity index (χ4n) is 5.97. The van der Waals surface area contributed by atoms with Crippen LogP contribution in [-0.4, -0.2) is 83.8 Å². The van der Waals surface area contributed by atoms with Crippen molar-refractivity contribution in [2.45, 2.75) is 87.5 Å². The molecule has 1 aliphatic heterocycles. The second-order valence-electron chi connectivity index (χ2n) is 14.2. The minimum absolute atomic E-state index is 0.272. The first kappa shape index (κ1) is 44.4. The number of rotatable bonds is 19. The number of carboxylic acid groups (broad SMARTS) is 1. The molecule has 1 aliphatic rings. The Bertz CT molecular complexity index is 1770. The molecule has 4 rings (SSSR count). The molecule has 0 aliphatic carbocycles. The lowest BCUT2D eigenvalue weighted by Crippen LogP contribution is -2.61. The standard InChI is InChI=1S/C40H52N3O10PS2/c1-7-10-35(54(49,52-29-16-20-31(55-5)21-17-29)53-30-18-22-32(56-6)23-19-30)42-38(47)33-11-8-9-24-43(33)39(48)37(40(2,3)4)41-34(44)25-50-27-12-14-28(15-13-27)51-26-36(45)46/h12-23,33,35,37H,7-11,24-26H2,1-6H3,(H,41,44)(H,42,47)(H,45,46)/t33-,35+,37+/m0/s1. The van der Waals surface area contributed by atoms with Gasteiger partial charge in [-0.3, -0.25) is 14.4 Å².